The van der Waals surface area contributed by atoms with Gasteiger partial charge in [-0.2, -0.15) is 0 Å². The molecule has 2 unspecified atom stereocenters. The Balaban J connectivity index is 0.00000272. The van der Waals surface area contributed by atoms with E-state index in [-0.39, 0.29) is 30.1 Å². The van der Waals surface area contributed by atoms with E-state index in [1.165, 1.54) is 5.56 Å². The summed E-state index contributed by atoms with van der Waals surface area (Å²) in [4.78, 5) is 18.4. The molecular weight excluding hydrogens is 503 g/mol. The summed E-state index contributed by atoms with van der Waals surface area (Å²) in [6, 6.07) is 12.4. The van der Waals surface area contributed by atoms with Crippen molar-refractivity contribution < 1.29 is 4.74 Å². The molecule has 2 atom stereocenters. The fraction of sp³-hybridized carbons (Fsp3) is 0.522. The van der Waals surface area contributed by atoms with Gasteiger partial charge in [0.1, 0.15) is 0 Å². The SMILES string of the molecule is CCNC(=NCC1CCCOC1c1ccccc1)N1CCN(c2ncccn2)CC1.I. The fourth-order valence-corrected chi connectivity index (χ4v) is 4.24. The lowest BCUT2D eigenvalue weighted by atomic mass is 9.89. The van der Waals surface area contributed by atoms with Gasteiger partial charge >= 0.3 is 0 Å². The number of ether oxygens (including phenoxy) is 1. The standard InChI is InChI=1S/C23H32N6O.HI/c1-2-24-22(28-13-15-29(16-14-28)23-25-11-7-12-26-23)27-18-20-10-6-17-30-21(20)19-8-4-3-5-9-19;/h3-5,7-9,11-12,20-21H,2,6,10,13-18H2,1H3,(H,24,27);1H. The Kier molecular flexibility index (Phi) is 9.32. The normalized spacial score (nSPS) is 22.0. The van der Waals surface area contributed by atoms with Gasteiger partial charge in [0.05, 0.1) is 6.10 Å². The van der Waals surface area contributed by atoms with Crippen LogP contribution in [0.4, 0.5) is 5.95 Å². The molecule has 0 bridgehead atoms. The molecule has 2 aliphatic rings. The number of nitrogens with zero attached hydrogens (tertiary/aromatic N) is 5. The molecule has 31 heavy (non-hydrogen) atoms. The van der Waals surface area contributed by atoms with Crippen LogP contribution in [0.2, 0.25) is 0 Å². The molecule has 0 spiro atoms. The van der Waals surface area contributed by atoms with E-state index in [0.717, 1.165) is 70.6 Å². The number of nitrogens with one attached hydrogen (secondary N) is 1. The van der Waals surface area contributed by atoms with Crippen molar-refractivity contribution in [3.63, 3.8) is 0 Å². The summed E-state index contributed by atoms with van der Waals surface area (Å²) >= 11 is 0. The molecule has 7 nitrogen and oxygen atoms in total. The Morgan fingerprint density at radius 2 is 1.84 bits per heavy atom. The van der Waals surface area contributed by atoms with Gasteiger partial charge < -0.3 is 19.9 Å². The molecular formula is C23H33IN6O. The predicted octanol–water partition coefficient (Wildman–Crippen LogP) is 3.35. The van der Waals surface area contributed by atoms with Gasteiger partial charge in [-0.05, 0) is 31.4 Å². The van der Waals surface area contributed by atoms with E-state index in [0.29, 0.717) is 5.92 Å². The zero-order chi connectivity index (χ0) is 20.6. The van der Waals surface area contributed by atoms with Gasteiger partial charge in [0.25, 0.3) is 0 Å². The van der Waals surface area contributed by atoms with Crippen molar-refractivity contribution in [1.82, 2.24) is 20.2 Å². The maximum absolute atomic E-state index is 6.15. The predicted molar refractivity (Wildman–Crippen MR) is 135 cm³/mol. The average Bonchev–Trinajstić information content (AvgIpc) is 2.83. The molecule has 1 aromatic heterocycles. The van der Waals surface area contributed by atoms with Crippen molar-refractivity contribution in [2.75, 3.05) is 50.8 Å². The summed E-state index contributed by atoms with van der Waals surface area (Å²) < 4.78 is 6.15. The average molecular weight is 536 g/mol. The van der Waals surface area contributed by atoms with Gasteiger partial charge in [0, 0.05) is 64.2 Å². The molecule has 168 valence electrons. The number of hydrogen-bond acceptors (Lipinski definition) is 5. The van der Waals surface area contributed by atoms with Gasteiger partial charge in [-0.1, -0.05) is 30.3 Å². The topological polar surface area (TPSA) is 65.9 Å². The highest BCUT2D eigenvalue weighted by Gasteiger charge is 2.28. The third-order valence-corrected chi connectivity index (χ3v) is 5.80. The highest BCUT2D eigenvalue weighted by Crippen LogP contribution is 2.33. The van der Waals surface area contributed by atoms with Crippen LogP contribution < -0.4 is 10.2 Å². The molecule has 1 aromatic carbocycles. The number of benzene rings is 1. The molecule has 0 amide bonds. The maximum Gasteiger partial charge on any atom is 0.225 e. The molecule has 8 heteroatoms. The van der Waals surface area contributed by atoms with Gasteiger partial charge in [-0.3, -0.25) is 4.99 Å². The monoisotopic (exact) mass is 536 g/mol. The van der Waals surface area contributed by atoms with Crippen LogP contribution in [0.5, 0.6) is 0 Å². The fourth-order valence-electron chi connectivity index (χ4n) is 4.24. The van der Waals surface area contributed by atoms with E-state index in [9.17, 15) is 0 Å². The minimum atomic E-state index is 0. The third-order valence-electron chi connectivity index (χ3n) is 5.80. The molecule has 2 saturated heterocycles. The lowest BCUT2D eigenvalue weighted by Crippen LogP contribution is -2.53. The number of guanidine groups is 1. The number of aromatic nitrogens is 2. The number of hydrogen-bond donors (Lipinski definition) is 1. The second-order valence-electron chi connectivity index (χ2n) is 7.82. The van der Waals surface area contributed by atoms with Crippen molar-refractivity contribution in [1.29, 1.82) is 0 Å². The lowest BCUT2D eigenvalue weighted by Gasteiger charge is -2.37. The Hall–Kier alpha value is -1.94. The molecule has 0 radical (unpaired) electrons. The molecule has 4 rings (SSSR count). The Morgan fingerprint density at radius 1 is 1.10 bits per heavy atom. The van der Waals surface area contributed by atoms with E-state index in [1.807, 2.05) is 6.07 Å². The second kappa shape index (κ2) is 12.2. The molecule has 0 saturated carbocycles. The summed E-state index contributed by atoms with van der Waals surface area (Å²) in [5, 5.41) is 3.49. The number of aliphatic imine (C=N–C) groups is 1. The quantitative estimate of drug-likeness (QED) is 0.360. The van der Waals surface area contributed by atoms with E-state index in [1.54, 1.807) is 12.4 Å². The van der Waals surface area contributed by atoms with Crippen LogP contribution in [0.3, 0.4) is 0 Å². The van der Waals surface area contributed by atoms with E-state index >= 15 is 0 Å². The number of halogens is 1. The van der Waals surface area contributed by atoms with E-state index < -0.39 is 0 Å². The van der Waals surface area contributed by atoms with Crippen LogP contribution in [0.15, 0.2) is 53.8 Å². The van der Waals surface area contributed by atoms with E-state index in [2.05, 4.69) is 62.3 Å². The van der Waals surface area contributed by atoms with Crippen molar-refractivity contribution in [3.8, 4) is 0 Å². The number of anilines is 1. The number of rotatable bonds is 5. The first-order valence-corrected chi connectivity index (χ1v) is 11.1. The zero-order valence-electron chi connectivity index (χ0n) is 18.2. The van der Waals surface area contributed by atoms with Crippen LogP contribution in [-0.2, 0) is 4.74 Å². The van der Waals surface area contributed by atoms with Crippen LogP contribution >= 0.6 is 24.0 Å². The van der Waals surface area contributed by atoms with Crippen molar-refractivity contribution >= 4 is 35.9 Å². The highest BCUT2D eigenvalue weighted by atomic mass is 127. The largest absolute Gasteiger partial charge is 0.373 e. The first-order valence-electron chi connectivity index (χ1n) is 11.1. The molecule has 1 N–H and O–H groups in total. The van der Waals surface area contributed by atoms with Gasteiger partial charge in [-0.25, -0.2) is 9.97 Å². The van der Waals surface area contributed by atoms with Crippen molar-refractivity contribution in [3.05, 3.63) is 54.4 Å². The molecule has 2 fully saturated rings. The van der Waals surface area contributed by atoms with Crippen LogP contribution in [-0.4, -0.2) is 66.7 Å². The lowest BCUT2D eigenvalue weighted by molar-refractivity contribution is -0.0250. The number of piperazine rings is 1. The minimum Gasteiger partial charge on any atom is -0.373 e. The Morgan fingerprint density at radius 3 is 2.55 bits per heavy atom. The Labute approximate surface area is 202 Å². The van der Waals surface area contributed by atoms with Crippen LogP contribution in [0.25, 0.3) is 0 Å². The molecule has 2 aromatic rings. The maximum atomic E-state index is 6.15. The minimum absolute atomic E-state index is 0. The first-order chi connectivity index (χ1) is 14.8. The zero-order valence-corrected chi connectivity index (χ0v) is 20.5. The summed E-state index contributed by atoms with van der Waals surface area (Å²) in [5.41, 5.74) is 1.26. The first kappa shape index (κ1) is 23.7. The molecule has 3 heterocycles. The van der Waals surface area contributed by atoms with Gasteiger partial charge in [-0.15, -0.1) is 24.0 Å². The van der Waals surface area contributed by atoms with Crippen molar-refractivity contribution in [2.45, 2.75) is 25.9 Å². The highest BCUT2D eigenvalue weighted by molar-refractivity contribution is 14.0. The summed E-state index contributed by atoms with van der Waals surface area (Å²) in [6.45, 7) is 8.22. The van der Waals surface area contributed by atoms with Gasteiger partial charge in [0.15, 0.2) is 5.96 Å². The van der Waals surface area contributed by atoms with E-state index in [4.69, 9.17) is 9.73 Å². The molecule has 0 aliphatic carbocycles. The second-order valence-corrected chi connectivity index (χ2v) is 7.82. The van der Waals surface area contributed by atoms with Crippen LogP contribution in [0, 0.1) is 5.92 Å². The summed E-state index contributed by atoms with van der Waals surface area (Å²) in [5.74, 6) is 2.22. The molecule has 2 aliphatic heterocycles. The third kappa shape index (κ3) is 6.29. The Bertz CT molecular complexity index is 798. The smallest absolute Gasteiger partial charge is 0.225 e. The van der Waals surface area contributed by atoms with Gasteiger partial charge in [0.2, 0.25) is 5.95 Å². The van der Waals surface area contributed by atoms with Crippen LogP contribution in [0.1, 0.15) is 31.4 Å². The summed E-state index contributed by atoms with van der Waals surface area (Å²) in [7, 11) is 0. The van der Waals surface area contributed by atoms with Crippen molar-refractivity contribution in [2.24, 2.45) is 10.9 Å². The summed E-state index contributed by atoms with van der Waals surface area (Å²) in [6.07, 6.45) is 6.00.